The Morgan fingerprint density at radius 1 is 1.12 bits per heavy atom. The van der Waals surface area contributed by atoms with Crippen molar-refractivity contribution in [1.82, 2.24) is 19.5 Å². The van der Waals surface area contributed by atoms with Crippen LogP contribution in [0.5, 0.6) is 0 Å². The summed E-state index contributed by atoms with van der Waals surface area (Å²) in [5, 5.41) is 1.81. The quantitative estimate of drug-likeness (QED) is 0.556. The van der Waals surface area contributed by atoms with E-state index in [9.17, 15) is 4.79 Å². The number of pyridine rings is 1. The second-order valence-electron chi connectivity index (χ2n) is 5.04. The fourth-order valence-electron chi connectivity index (χ4n) is 2.31. The molecule has 0 aliphatic carbocycles. The number of benzene rings is 1. The van der Waals surface area contributed by atoms with Crippen LogP contribution < -0.4 is 16.5 Å². The predicted octanol–water partition coefficient (Wildman–Crippen LogP) is 2.90. The zero-order valence-electron chi connectivity index (χ0n) is 13.2. The van der Waals surface area contributed by atoms with Crippen molar-refractivity contribution in [2.45, 2.75) is 13.3 Å². The van der Waals surface area contributed by atoms with Gasteiger partial charge in [-0.05, 0) is 24.3 Å². The minimum atomic E-state index is -0.580. The van der Waals surface area contributed by atoms with E-state index in [0.29, 0.717) is 33.8 Å². The van der Waals surface area contributed by atoms with E-state index < -0.39 is 5.69 Å². The van der Waals surface area contributed by atoms with Crippen LogP contribution >= 0.6 is 23.2 Å². The van der Waals surface area contributed by atoms with E-state index in [1.54, 1.807) is 42.6 Å². The average molecular weight is 377 g/mol. The maximum atomic E-state index is 12.7. The van der Waals surface area contributed by atoms with Crippen LogP contribution in [-0.4, -0.2) is 19.5 Å². The van der Waals surface area contributed by atoms with Crippen LogP contribution in [0.25, 0.3) is 5.69 Å². The molecule has 0 atom stereocenters. The maximum Gasteiger partial charge on any atom is 0.357 e. The van der Waals surface area contributed by atoms with E-state index in [0.717, 1.165) is 5.01 Å². The van der Waals surface area contributed by atoms with Gasteiger partial charge in [-0.1, -0.05) is 42.3 Å². The molecule has 0 saturated carbocycles. The summed E-state index contributed by atoms with van der Waals surface area (Å²) in [6, 6.07) is 10.2. The number of aryl methyl sites for hydroxylation is 1. The third-order valence-electron chi connectivity index (χ3n) is 3.46. The molecule has 0 fully saturated rings. The van der Waals surface area contributed by atoms with Crippen molar-refractivity contribution in [3.05, 3.63) is 68.9 Å². The monoisotopic (exact) mass is 376 g/mol. The maximum absolute atomic E-state index is 12.7. The van der Waals surface area contributed by atoms with Crippen molar-refractivity contribution in [3.63, 3.8) is 0 Å². The first-order valence-electron chi connectivity index (χ1n) is 7.43. The molecule has 128 valence electrons. The molecular formula is C16H14Cl2N6O. The Morgan fingerprint density at radius 2 is 1.84 bits per heavy atom. The lowest BCUT2D eigenvalue weighted by Crippen LogP contribution is -2.34. The van der Waals surface area contributed by atoms with E-state index in [4.69, 9.17) is 29.0 Å². The lowest BCUT2D eigenvalue weighted by atomic mass is 10.3. The number of para-hydroxylation sites is 1. The van der Waals surface area contributed by atoms with Crippen molar-refractivity contribution in [2.75, 3.05) is 5.01 Å². The Kier molecular flexibility index (Phi) is 4.98. The van der Waals surface area contributed by atoms with Crippen molar-refractivity contribution in [3.8, 4) is 5.69 Å². The number of halogens is 2. The molecule has 0 radical (unpaired) electrons. The molecule has 3 rings (SSSR count). The van der Waals surface area contributed by atoms with Crippen LogP contribution in [0.2, 0.25) is 10.0 Å². The van der Waals surface area contributed by atoms with Crippen LogP contribution in [0.15, 0.2) is 47.4 Å². The summed E-state index contributed by atoms with van der Waals surface area (Å²) >= 11 is 12.4. The molecule has 0 aliphatic heterocycles. The van der Waals surface area contributed by atoms with Gasteiger partial charge in [-0.15, -0.1) is 0 Å². The highest BCUT2D eigenvalue weighted by Gasteiger charge is 2.18. The standard InChI is InChI=1S/C16H14Cl2N6O/c1-2-12-21-15(24(19)13-8-3-4-9-20-13)22-16(25)23(12)14-10(17)6-5-7-11(14)18/h3-9H,2,19H2,1H3. The molecule has 2 heterocycles. The Bertz CT molecular complexity index is 940. The Morgan fingerprint density at radius 3 is 2.44 bits per heavy atom. The third-order valence-corrected chi connectivity index (χ3v) is 4.07. The average Bonchev–Trinajstić information content (AvgIpc) is 2.62. The highest BCUT2D eigenvalue weighted by molar-refractivity contribution is 6.37. The smallest absolute Gasteiger partial charge is 0.245 e. The van der Waals surface area contributed by atoms with Crippen molar-refractivity contribution in [1.29, 1.82) is 0 Å². The lowest BCUT2D eigenvalue weighted by molar-refractivity contribution is 0.754. The molecule has 1 aromatic carbocycles. The van der Waals surface area contributed by atoms with Crippen molar-refractivity contribution < 1.29 is 0 Å². The summed E-state index contributed by atoms with van der Waals surface area (Å²) in [7, 11) is 0. The number of hydrazine groups is 1. The van der Waals surface area contributed by atoms with E-state index in [-0.39, 0.29) is 5.95 Å². The van der Waals surface area contributed by atoms with Crippen molar-refractivity contribution in [2.24, 2.45) is 5.84 Å². The zero-order chi connectivity index (χ0) is 18.0. The number of aromatic nitrogens is 4. The normalized spacial score (nSPS) is 10.7. The van der Waals surface area contributed by atoms with Crippen LogP contribution in [0.4, 0.5) is 11.8 Å². The lowest BCUT2D eigenvalue weighted by Gasteiger charge is -2.18. The third kappa shape index (κ3) is 3.34. The summed E-state index contributed by atoms with van der Waals surface area (Å²) in [5.74, 6) is 6.89. The number of rotatable bonds is 4. The molecule has 0 bridgehead atoms. The molecule has 0 saturated heterocycles. The van der Waals surface area contributed by atoms with Crippen LogP contribution in [0.3, 0.4) is 0 Å². The molecule has 2 aromatic heterocycles. The number of nitrogens with zero attached hydrogens (tertiary/aromatic N) is 5. The van der Waals surface area contributed by atoms with E-state index >= 15 is 0 Å². The second-order valence-corrected chi connectivity index (χ2v) is 5.85. The molecule has 2 N–H and O–H groups in total. The molecule has 0 amide bonds. The van der Waals surface area contributed by atoms with Gasteiger partial charge in [-0.3, -0.25) is 0 Å². The minimum absolute atomic E-state index is 0.0416. The molecular weight excluding hydrogens is 363 g/mol. The highest BCUT2D eigenvalue weighted by Crippen LogP contribution is 2.28. The number of nitrogens with two attached hydrogens (primary N) is 1. The van der Waals surface area contributed by atoms with Gasteiger partial charge in [0.25, 0.3) is 5.95 Å². The van der Waals surface area contributed by atoms with Gasteiger partial charge < -0.3 is 0 Å². The van der Waals surface area contributed by atoms with Gasteiger partial charge in [0, 0.05) is 12.6 Å². The van der Waals surface area contributed by atoms with Gasteiger partial charge >= 0.3 is 5.69 Å². The fourth-order valence-corrected chi connectivity index (χ4v) is 2.87. The summed E-state index contributed by atoms with van der Waals surface area (Å²) in [5.41, 5.74) is -0.233. The summed E-state index contributed by atoms with van der Waals surface area (Å²) < 4.78 is 1.29. The summed E-state index contributed by atoms with van der Waals surface area (Å²) in [6.07, 6.45) is 2.03. The first kappa shape index (κ1) is 17.3. The largest absolute Gasteiger partial charge is 0.357 e. The first-order valence-corrected chi connectivity index (χ1v) is 8.18. The van der Waals surface area contributed by atoms with Gasteiger partial charge in [0.15, 0.2) is 0 Å². The first-order chi connectivity index (χ1) is 12.0. The summed E-state index contributed by atoms with van der Waals surface area (Å²) in [4.78, 5) is 25.1. The predicted molar refractivity (Wildman–Crippen MR) is 97.6 cm³/mol. The Balaban J connectivity index is 2.17. The molecule has 9 heteroatoms. The molecule has 0 unspecified atom stereocenters. The SMILES string of the molecule is CCc1nc(N(N)c2ccccn2)nc(=O)n1-c1c(Cl)cccc1Cl. The van der Waals surface area contributed by atoms with E-state index in [1.165, 1.54) is 4.57 Å². The number of hydrogen-bond acceptors (Lipinski definition) is 6. The zero-order valence-corrected chi connectivity index (χ0v) is 14.7. The fraction of sp³-hybridized carbons (Fsp3) is 0.125. The van der Waals surface area contributed by atoms with Gasteiger partial charge in [0.1, 0.15) is 11.6 Å². The van der Waals surface area contributed by atoms with Crippen LogP contribution in [0.1, 0.15) is 12.7 Å². The Labute approximate surface area is 153 Å². The van der Waals surface area contributed by atoms with Crippen molar-refractivity contribution >= 4 is 35.0 Å². The second kappa shape index (κ2) is 7.18. The molecule has 3 aromatic rings. The molecule has 7 nitrogen and oxygen atoms in total. The minimum Gasteiger partial charge on any atom is -0.245 e. The van der Waals surface area contributed by atoms with E-state index in [1.807, 2.05) is 6.92 Å². The van der Waals surface area contributed by atoms with Gasteiger partial charge in [0.05, 0.1) is 15.7 Å². The van der Waals surface area contributed by atoms with Gasteiger partial charge in [0.2, 0.25) is 0 Å². The van der Waals surface area contributed by atoms with Gasteiger partial charge in [-0.25, -0.2) is 25.2 Å². The molecule has 0 aliphatic rings. The molecule has 0 spiro atoms. The number of anilines is 2. The Hall–Kier alpha value is -2.48. The van der Waals surface area contributed by atoms with Crippen LogP contribution in [0, 0.1) is 0 Å². The van der Waals surface area contributed by atoms with Crippen LogP contribution in [-0.2, 0) is 6.42 Å². The summed E-state index contributed by atoms with van der Waals surface area (Å²) in [6.45, 7) is 1.86. The topological polar surface area (TPSA) is 89.9 Å². The molecule has 25 heavy (non-hydrogen) atoms. The number of hydrogen-bond donors (Lipinski definition) is 1. The van der Waals surface area contributed by atoms with Gasteiger partial charge in [-0.2, -0.15) is 9.97 Å². The van der Waals surface area contributed by atoms with E-state index in [2.05, 4.69) is 15.0 Å². The highest BCUT2D eigenvalue weighted by atomic mass is 35.5.